The Morgan fingerprint density at radius 1 is 0.619 bits per heavy atom. The van der Waals surface area contributed by atoms with Gasteiger partial charge in [0, 0.05) is 26.4 Å². The lowest BCUT2D eigenvalue weighted by atomic mass is 10.2. The fourth-order valence-electron chi connectivity index (χ4n) is 1.51. The van der Waals surface area contributed by atoms with Crippen LogP contribution in [0.15, 0.2) is 0 Å². The number of rotatable bonds is 2. The van der Waals surface area contributed by atoms with Gasteiger partial charge in [-0.25, -0.2) is 9.13 Å². The summed E-state index contributed by atoms with van der Waals surface area (Å²) >= 11 is 0. The van der Waals surface area contributed by atoms with E-state index >= 15 is 0 Å². The Bertz CT molecular complexity index is 274. The van der Waals surface area contributed by atoms with Crippen LogP contribution in [0, 0.1) is 0 Å². The van der Waals surface area contributed by atoms with E-state index in [4.69, 9.17) is 29.0 Å². The molecule has 2 rings (SSSR count). The van der Waals surface area contributed by atoms with Gasteiger partial charge in [0.15, 0.2) is 0 Å². The number of hydrogen-bond acceptors (Lipinski definition) is 5. The third kappa shape index (κ3) is 20.2. The molecule has 21 heavy (non-hydrogen) atoms. The molecule has 2 saturated heterocycles. The first-order chi connectivity index (χ1) is 9.71. The molecule has 0 unspecified atom stereocenters. The zero-order valence-corrected chi connectivity index (χ0v) is 13.6. The number of ether oxygens (including phenoxy) is 2. The SMILES string of the molecule is C1CCOCC1.C1CCOCC1.O=P(O)(O)OP(=O)(O)O. The Balaban J connectivity index is 0.000000293. The van der Waals surface area contributed by atoms with Gasteiger partial charge >= 0.3 is 15.6 Å². The van der Waals surface area contributed by atoms with E-state index in [1.807, 2.05) is 0 Å². The molecule has 2 aliphatic heterocycles. The normalized spacial score (nSPS) is 19.6. The van der Waals surface area contributed by atoms with Crippen LogP contribution in [0.4, 0.5) is 0 Å². The topological polar surface area (TPSA) is 143 Å². The molecule has 2 heterocycles. The summed E-state index contributed by atoms with van der Waals surface area (Å²) in [5, 5.41) is 0. The molecule has 9 nitrogen and oxygen atoms in total. The first-order valence-electron chi connectivity index (χ1n) is 6.68. The molecule has 0 aromatic carbocycles. The highest BCUT2D eigenvalue weighted by Gasteiger charge is 2.27. The lowest BCUT2D eigenvalue weighted by Gasteiger charge is -2.08. The molecule has 0 atom stereocenters. The Kier molecular flexibility index (Phi) is 11.8. The molecule has 0 aliphatic carbocycles. The van der Waals surface area contributed by atoms with Crippen LogP contribution in [0.3, 0.4) is 0 Å². The molecule has 0 saturated carbocycles. The van der Waals surface area contributed by atoms with Gasteiger partial charge in [0.1, 0.15) is 0 Å². The second-order valence-electron chi connectivity index (χ2n) is 4.41. The summed E-state index contributed by atoms with van der Waals surface area (Å²) in [5.41, 5.74) is 0. The summed E-state index contributed by atoms with van der Waals surface area (Å²) in [6.45, 7) is 4.00. The van der Waals surface area contributed by atoms with E-state index in [1.54, 1.807) is 0 Å². The van der Waals surface area contributed by atoms with Crippen LogP contribution in [0.2, 0.25) is 0 Å². The van der Waals surface area contributed by atoms with Crippen molar-refractivity contribution in [3.8, 4) is 0 Å². The minimum Gasteiger partial charge on any atom is -0.381 e. The molecule has 128 valence electrons. The maximum absolute atomic E-state index is 9.63. The fraction of sp³-hybridized carbons (Fsp3) is 1.00. The highest BCUT2D eigenvalue weighted by molar-refractivity contribution is 7.60. The lowest BCUT2D eigenvalue weighted by Crippen LogP contribution is -2.03. The van der Waals surface area contributed by atoms with Crippen molar-refractivity contribution in [1.29, 1.82) is 0 Å². The molecule has 0 aromatic rings. The standard InChI is InChI=1S/2C5H10O.H4O7P2/c2*1-2-4-6-5-3-1;1-8(2,3)7-9(4,5)6/h2*1-5H2;(H2,1,2,3)(H2,4,5,6). The summed E-state index contributed by atoms with van der Waals surface area (Å²) in [6, 6.07) is 0. The maximum Gasteiger partial charge on any atom is 0.478 e. The van der Waals surface area contributed by atoms with Crippen LogP contribution >= 0.6 is 15.6 Å². The average molecular weight is 350 g/mol. The fourth-order valence-corrected chi connectivity index (χ4v) is 2.62. The predicted octanol–water partition coefficient (Wildman–Crippen LogP) is 1.56. The van der Waals surface area contributed by atoms with E-state index in [2.05, 4.69) is 4.31 Å². The molecular formula is C10H24O9P2. The Labute approximate surface area is 124 Å². The van der Waals surface area contributed by atoms with E-state index in [0.717, 1.165) is 26.4 Å². The molecule has 0 aromatic heterocycles. The van der Waals surface area contributed by atoms with Gasteiger partial charge in [-0.15, -0.1) is 0 Å². The van der Waals surface area contributed by atoms with Crippen LogP contribution in [0.25, 0.3) is 0 Å². The van der Waals surface area contributed by atoms with E-state index in [1.165, 1.54) is 38.5 Å². The first kappa shape index (κ1) is 21.2. The van der Waals surface area contributed by atoms with Crippen molar-refractivity contribution in [3.05, 3.63) is 0 Å². The van der Waals surface area contributed by atoms with Gasteiger partial charge < -0.3 is 29.0 Å². The summed E-state index contributed by atoms with van der Waals surface area (Å²) in [6.07, 6.45) is 7.86. The van der Waals surface area contributed by atoms with Crippen LogP contribution in [0.1, 0.15) is 38.5 Å². The van der Waals surface area contributed by atoms with Crippen molar-refractivity contribution in [1.82, 2.24) is 0 Å². The van der Waals surface area contributed by atoms with Gasteiger partial charge in [-0.1, -0.05) is 0 Å². The molecule has 2 aliphatic rings. The van der Waals surface area contributed by atoms with Crippen molar-refractivity contribution in [3.63, 3.8) is 0 Å². The third-order valence-corrected chi connectivity index (χ3v) is 4.07. The third-order valence-electron chi connectivity index (χ3n) is 2.37. The van der Waals surface area contributed by atoms with Gasteiger partial charge in [0.2, 0.25) is 0 Å². The smallest absolute Gasteiger partial charge is 0.381 e. The summed E-state index contributed by atoms with van der Waals surface area (Å²) < 4.78 is 32.4. The Morgan fingerprint density at radius 2 is 0.905 bits per heavy atom. The Morgan fingerprint density at radius 3 is 0.952 bits per heavy atom. The van der Waals surface area contributed by atoms with E-state index < -0.39 is 15.6 Å². The van der Waals surface area contributed by atoms with Crippen LogP contribution in [-0.2, 0) is 22.9 Å². The number of phosphoric acid groups is 2. The Hall–Kier alpha value is 0.180. The minimum absolute atomic E-state index is 1.00. The van der Waals surface area contributed by atoms with Crippen molar-refractivity contribution >= 4 is 15.6 Å². The molecule has 4 N–H and O–H groups in total. The monoisotopic (exact) mass is 350 g/mol. The molecule has 0 spiro atoms. The molecule has 0 amide bonds. The van der Waals surface area contributed by atoms with Gasteiger partial charge in [-0.05, 0) is 38.5 Å². The molecule has 0 bridgehead atoms. The molecule has 0 radical (unpaired) electrons. The van der Waals surface area contributed by atoms with Crippen LogP contribution < -0.4 is 0 Å². The van der Waals surface area contributed by atoms with Gasteiger partial charge in [0.25, 0.3) is 0 Å². The largest absolute Gasteiger partial charge is 0.478 e. The summed E-state index contributed by atoms with van der Waals surface area (Å²) in [4.78, 5) is 31.0. The average Bonchev–Trinajstić information content (AvgIpc) is 2.40. The van der Waals surface area contributed by atoms with Gasteiger partial charge in [-0.2, -0.15) is 4.31 Å². The second kappa shape index (κ2) is 11.7. The second-order valence-corrected chi connectivity index (χ2v) is 7.02. The van der Waals surface area contributed by atoms with Crippen LogP contribution in [0.5, 0.6) is 0 Å². The quantitative estimate of drug-likeness (QED) is 0.545. The summed E-state index contributed by atoms with van der Waals surface area (Å²) in [7, 11) is -10.1. The van der Waals surface area contributed by atoms with Crippen LogP contribution in [-0.4, -0.2) is 46.0 Å². The molecule has 11 heteroatoms. The maximum atomic E-state index is 9.63. The zero-order chi connectivity index (χ0) is 16.2. The number of hydrogen-bond donors (Lipinski definition) is 4. The van der Waals surface area contributed by atoms with Crippen molar-refractivity contribution < 1.29 is 42.5 Å². The van der Waals surface area contributed by atoms with Crippen molar-refractivity contribution in [2.75, 3.05) is 26.4 Å². The lowest BCUT2D eigenvalue weighted by molar-refractivity contribution is 0.0967. The first-order valence-corrected chi connectivity index (χ1v) is 9.75. The highest BCUT2D eigenvalue weighted by Crippen LogP contribution is 2.53. The van der Waals surface area contributed by atoms with Gasteiger partial charge in [0.05, 0.1) is 0 Å². The van der Waals surface area contributed by atoms with Gasteiger partial charge in [-0.3, -0.25) is 0 Å². The molecule has 2 fully saturated rings. The van der Waals surface area contributed by atoms with E-state index in [-0.39, 0.29) is 0 Å². The van der Waals surface area contributed by atoms with Crippen molar-refractivity contribution in [2.24, 2.45) is 0 Å². The summed E-state index contributed by atoms with van der Waals surface area (Å²) in [5.74, 6) is 0. The van der Waals surface area contributed by atoms with E-state index in [9.17, 15) is 9.13 Å². The highest BCUT2D eigenvalue weighted by atomic mass is 31.3. The predicted molar refractivity (Wildman–Crippen MR) is 74.5 cm³/mol. The van der Waals surface area contributed by atoms with Crippen molar-refractivity contribution in [2.45, 2.75) is 38.5 Å². The zero-order valence-electron chi connectivity index (χ0n) is 11.8. The van der Waals surface area contributed by atoms with E-state index in [0.29, 0.717) is 0 Å². The molecular weight excluding hydrogens is 326 g/mol. The minimum atomic E-state index is -5.05.